The molecule has 5 rings (SSSR count). The number of fused-ring (bicyclic) bond motifs is 2. The van der Waals surface area contributed by atoms with Crippen LogP contribution in [0.5, 0.6) is 11.5 Å². The predicted octanol–water partition coefficient (Wildman–Crippen LogP) is 2.24. The highest BCUT2D eigenvalue weighted by Gasteiger charge is 2.45. The largest absolute Gasteiger partial charge is 0.487 e. The van der Waals surface area contributed by atoms with Crippen LogP contribution in [-0.2, 0) is 13.0 Å². The lowest BCUT2D eigenvalue weighted by Crippen LogP contribution is -2.35. The topological polar surface area (TPSA) is 102 Å². The highest BCUT2D eigenvalue weighted by Crippen LogP contribution is 2.40. The Hall–Kier alpha value is -2.89. The van der Waals surface area contributed by atoms with Gasteiger partial charge in [-0.15, -0.1) is 0 Å². The van der Waals surface area contributed by atoms with Crippen molar-refractivity contribution in [1.82, 2.24) is 19.9 Å². The standard InChI is InChI=1S/C22H23F3N4O4/c1-10-11-3-5-29(21(11)28-9-27-10)14-6-17(20(31)19(14)30)32-15-7-16(33-22(24)25)18(23)12-2-4-26-8-13(12)15/h3,5,7,9,14,17,19-20,22,26,30-31H,2,4,6,8H2,1H3. The maximum atomic E-state index is 14.7. The fourth-order valence-corrected chi connectivity index (χ4v) is 4.76. The third-order valence-electron chi connectivity index (χ3n) is 6.42. The van der Waals surface area contributed by atoms with Gasteiger partial charge < -0.3 is 29.6 Å². The summed E-state index contributed by atoms with van der Waals surface area (Å²) in [4.78, 5) is 8.47. The normalized spacial score (nSPS) is 24.9. The Balaban J connectivity index is 1.46. The number of aryl methyl sites for hydroxylation is 1. The quantitative estimate of drug-likeness (QED) is 0.532. The summed E-state index contributed by atoms with van der Waals surface area (Å²) in [5.74, 6) is -1.30. The van der Waals surface area contributed by atoms with E-state index in [1.54, 1.807) is 10.8 Å². The molecule has 33 heavy (non-hydrogen) atoms. The van der Waals surface area contributed by atoms with Crippen molar-refractivity contribution in [2.45, 2.75) is 57.3 Å². The first kappa shape index (κ1) is 21.9. The molecular formula is C22H23F3N4O4. The maximum absolute atomic E-state index is 14.7. The molecule has 176 valence electrons. The number of rotatable bonds is 5. The summed E-state index contributed by atoms with van der Waals surface area (Å²) in [6, 6.07) is 2.39. The predicted molar refractivity (Wildman–Crippen MR) is 111 cm³/mol. The molecule has 4 atom stereocenters. The molecule has 3 N–H and O–H groups in total. The lowest BCUT2D eigenvalue weighted by Gasteiger charge is -2.26. The Morgan fingerprint density at radius 1 is 1.18 bits per heavy atom. The van der Waals surface area contributed by atoms with Crippen LogP contribution in [-0.4, -0.2) is 56.2 Å². The van der Waals surface area contributed by atoms with Crippen LogP contribution in [0.4, 0.5) is 13.2 Å². The van der Waals surface area contributed by atoms with Crippen molar-refractivity contribution in [3.05, 3.63) is 47.3 Å². The van der Waals surface area contributed by atoms with Gasteiger partial charge in [0.15, 0.2) is 11.6 Å². The number of aliphatic hydroxyl groups excluding tert-OH is 2. The Bertz CT molecular complexity index is 1190. The van der Waals surface area contributed by atoms with Gasteiger partial charge in [0.2, 0.25) is 0 Å². The number of hydrogen-bond acceptors (Lipinski definition) is 7. The molecule has 3 aromatic rings. The zero-order valence-corrected chi connectivity index (χ0v) is 17.7. The summed E-state index contributed by atoms with van der Waals surface area (Å²) >= 11 is 0. The highest BCUT2D eigenvalue weighted by atomic mass is 19.3. The third kappa shape index (κ3) is 3.79. The number of benzene rings is 1. The summed E-state index contributed by atoms with van der Waals surface area (Å²) < 4.78 is 52.5. The van der Waals surface area contributed by atoms with E-state index in [0.717, 1.165) is 17.1 Å². The molecule has 4 unspecified atom stereocenters. The van der Waals surface area contributed by atoms with Crippen molar-refractivity contribution in [2.24, 2.45) is 0 Å². The van der Waals surface area contributed by atoms with Gasteiger partial charge in [-0.05, 0) is 26.0 Å². The van der Waals surface area contributed by atoms with Gasteiger partial charge >= 0.3 is 6.61 Å². The highest BCUT2D eigenvalue weighted by molar-refractivity contribution is 5.78. The van der Waals surface area contributed by atoms with E-state index in [-0.39, 0.29) is 30.7 Å². The van der Waals surface area contributed by atoms with Crippen LogP contribution >= 0.6 is 0 Å². The molecule has 2 aromatic heterocycles. The van der Waals surface area contributed by atoms with Gasteiger partial charge in [0, 0.05) is 41.7 Å². The number of aromatic nitrogens is 3. The Labute approximate surface area is 187 Å². The van der Waals surface area contributed by atoms with Crippen LogP contribution in [0.2, 0.25) is 0 Å². The Morgan fingerprint density at radius 2 is 2.00 bits per heavy atom. The smallest absolute Gasteiger partial charge is 0.387 e. The average molecular weight is 464 g/mol. The molecule has 1 aliphatic heterocycles. The van der Waals surface area contributed by atoms with E-state index in [0.29, 0.717) is 17.8 Å². The average Bonchev–Trinajstić information content (AvgIpc) is 3.34. The number of ether oxygens (including phenoxy) is 2. The lowest BCUT2D eigenvalue weighted by molar-refractivity contribution is -0.0526. The molecule has 3 heterocycles. The second-order valence-electron chi connectivity index (χ2n) is 8.31. The van der Waals surface area contributed by atoms with Crippen LogP contribution < -0.4 is 14.8 Å². The lowest BCUT2D eigenvalue weighted by atomic mass is 9.98. The second-order valence-corrected chi connectivity index (χ2v) is 8.31. The van der Waals surface area contributed by atoms with Crippen LogP contribution in [0.3, 0.4) is 0 Å². The van der Waals surface area contributed by atoms with Crippen molar-refractivity contribution in [3.63, 3.8) is 0 Å². The minimum absolute atomic E-state index is 0.140. The van der Waals surface area contributed by atoms with Gasteiger partial charge in [-0.25, -0.2) is 14.4 Å². The molecular weight excluding hydrogens is 441 g/mol. The van der Waals surface area contributed by atoms with Crippen LogP contribution in [0.25, 0.3) is 11.0 Å². The number of nitrogens with one attached hydrogen (secondary N) is 1. The van der Waals surface area contributed by atoms with Crippen molar-refractivity contribution in [1.29, 1.82) is 0 Å². The summed E-state index contributed by atoms with van der Waals surface area (Å²) in [5.41, 5.74) is 2.14. The fraction of sp³-hybridized carbons (Fsp3) is 0.455. The number of nitrogens with zero attached hydrogens (tertiary/aromatic N) is 3. The maximum Gasteiger partial charge on any atom is 0.387 e. The molecule has 1 saturated carbocycles. The number of alkyl halides is 2. The SMILES string of the molecule is Cc1ncnc2c1ccn2C1CC(Oc2cc(OC(F)F)c(F)c3c2CNCC3)C(O)C1O. The molecule has 11 heteroatoms. The molecule has 1 fully saturated rings. The first-order valence-corrected chi connectivity index (χ1v) is 10.7. The van der Waals surface area contributed by atoms with E-state index in [2.05, 4.69) is 20.0 Å². The summed E-state index contributed by atoms with van der Waals surface area (Å²) in [7, 11) is 0. The van der Waals surface area contributed by atoms with Crippen molar-refractivity contribution in [2.75, 3.05) is 6.54 Å². The van der Waals surface area contributed by atoms with E-state index < -0.39 is 42.5 Å². The van der Waals surface area contributed by atoms with Crippen molar-refractivity contribution in [3.8, 4) is 11.5 Å². The molecule has 2 aliphatic rings. The molecule has 0 saturated heterocycles. The van der Waals surface area contributed by atoms with E-state index >= 15 is 0 Å². The molecule has 0 radical (unpaired) electrons. The van der Waals surface area contributed by atoms with Gasteiger partial charge in [0.1, 0.15) is 36.0 Å². The summed E-state index contributed by atoms with van der Waals surface area (Å²) in [5, 5.41) is 25.4. The van der Waals surface area contributed by atoms with Gasteiger partial charge in [-0.2, -0.15) is 8.78 Å². The molecule has 0 spiro atoms. The number of aliphatic hydroxyl groups is 2. The van der Waals surface area contributed by atoms with E-state index in [1.807, 2.05) is 13.0 Å². The number of hydrogen-bond donors (Lipinski definition) is 3. The summed E-state index contributed by atoms with van der Waals surface area (Å²) in [6.07, 6.45) is 0.431. The fourth-order valence-electron chi connectivity index (χ4n) is 4.76. The van der Waals surface area contributed by atoms with Gasteiger partial charge in [0.05, 0.1) is 11.7 Å². The van der Waals surface area contributed by atoms with Gasteiger partial charge in [-0.1, -0.05) is 0 Å². The van der Waals surface area contributed by atoms with Crippen LogP contribution in [0, 0.1) is 12.7 Å². The first-order chi connectivity index (χ1) is 15.8. The van der Waals surface area contributed by atoms with Crippen molar-refractivity contribution < 1.29 is 32.9 Å². The number of halogens is 3. The van der Waals surface area contributed by atoms with Gasteiger partial charge in [0.25, 0.3) is 0 Å². The zero-order chi connectivity index (χ0) is 23.3. The zero-order valence-electron chi connectivity index (χ0n) is 17.7. The monoisotopic (exact) mass is 464 g/mol. The molecule has 0 bridgehead atoms. The third-order valence-corrected chi connectivity index (χ3v) is 6.42. The minimum atomic E-state index is -3.19. The minimum Gasteiger partial charge on any atom is -0.487 e. The van der Waals surface area contributed by atoms with Gasteiger partial charge in [-0.3, -0.25) is 0 Å². The van der Waals surface area contributed by atoms with Crippen LogP contribution in [0.15, 0.2) is 24.7 Å². The van der Waals surface area contributed by atoms with E-state index in [9.17, 15) is 23.4 Å². The Morgan fingerprint density at radius 3 is 2.79 bits per heavy atom. The van der Waals surface area contributed by atoms with E-state index in [1.165, 1.54) is 6.33 Å². The van der Waals surface area contributed by atoms with Crippen LogP contribution in [0.1, 0.15) is 29.3 Å². The first-order valence-electron chi connectivity index (χ1n) is 10.7. The van der Waals surface area contributed by atoms with Crippen molar-refractivity contribution >= 4 is 11.0 Å². The van der Waals surface area contributed by atoms with E-state index in [4.69, 9.17) is 4.74 Å². The molecule has 8 nitrogen and oxygen atoms in total. The Kier molecular flexibility index (Phi) is 5.63. The molecule has 1 aromatic carbocycles. The summed E-state index contributed by atoms with van der Waals surface area (Å²) in [6.45, 7) is -0.576. The second kappa shape index (κ2) is 8.47. The molecule has 0 amide bonds. The molecule has 1 aliphatic carbocycles.